The molecule has 1 atom stereocenters. The number of thioether (sulfide) groups is 1. The van der Waals surface area contributed by atoms with Crippen molar-refractivity contribution in [2.24, 2.45) is 5.73 Å². The monoisotopic (exact) mass is 322 g/mol. The van der Waals surface area contributed by atoms with Gasteiger partial charge in [-0.2, -0.15) is 0 Å². The molecule has 0 aliphatic rings. The zero-order chi connectivity index (χ0) is 15.4. The van der Waals surface area contributed by atoms with Crippen molar-refractivity contribution in [3.8, 4) is 5.75 Å². The van der Waals surface area contributed by atoms with Gasteiger partial charge in [-0.15, -0.1) is 23.1 Å². The van der Waals surface area contributed by atoms with E-state index < -0.39 is 5.91 Å². The molecule has 0 bridgehead atoms. The Labute approximate surface area is 130 Å². The first-order chi connectivity index (χ1) is 9.97. The molecule has 110 valence electrons. The van der Waals surface area contributed by atoms with Crippen LogP contribution in [0.15, 0.2) is 40.6 Å². The summed E-state index contributed by atoms with van der Waals surface area (Å²) in [6.45, 7) is 1.77. The van der Waals surface area contributed by atoms with Gasteiger partial charge in [0.25, 0.3) is 5.91 Å². The summed E-state index contributed by atoms with van der Waals surface area (Å²) in [4.78, 5) is 24.2. The molecule has 5 nitrogen and oxygen atoms in total. The molecule has 0 aliphatic carbocycles. The number of hydrogen-bond acceptors (Lipinski definition) is 5. The van der Waals surface area contributed by atoms with Crippen LogP contribution < -0.4 is 11.1 Å². The highest BCUT2D eigenvalue weighted by molar-refractivity contribution is 8.00. The highest BCUT2D eigenvalue weighted by Crippen LogP contribution is 2.28. The molecule has 21 heavy (non-hydrogen) atoms. The Morgan fingerprint density at radius 1 is 1.29 bits per heavy atom. The number of nitrogens with two attached hydrogens (primary N) is 1. The first-order valence-electron chi connectivity index (χ1n) is 6.11. The number of primary amides is 1. The van der Waals surface area contributed by atoms with Gasteiger partial charge in [-0.05, 0) is 42.6 Å². The molecule has 1 heterocycles. The minimum atomic E-state index is -0.564. The van der Waals surface area contributed by atoms with Crippen molar-refractivity contribution < 1.29 is 14.7 Å². The SMILES string of the molecule is CC(Sc1ccc(O)cc1)C(=O)Nc1sccc1C(N)=O. The second-order valence-corrected chi connectivity index (χ2v) is 6.60. The summed E-state index contributed by atoms with van der Waals surface area (Å²) in [7, 11) is 0. The molecule has 2 amide bonds. The Bertz CT molecular complexity index is 652. The summed E-state index contributed by atoms with van der Waals surface area (Å²) in [5, 5.41) is 13.8. The highest BCUT2D eigenvalue weighted by atomic mass is 32.2. The Kier molecular flexibility index (Phi) is 4.87. The van der Waals surface area contributed by atoms with Crippen molar-refractivity contribution in [2.75, 3.05) is 5.32 Å². The van der Waals surface area contributed by atoms with E-state index in [0.29, 0.717) is 10.6 Å². The Morgan fingerprint density at radius 2 is 1.95 bits per heavy atom. The zero-order valence-corrected chi connectivity index (χ0v) is 12.8. The van der Waals surface area contributed by atoms with E-state index in [4.69, 9.17) is 5.73 Å². The number of rotatable bonds is 5. The fourth-order valence-electron chi connectivity index (χ4n) is 1.60. The molecule has 2 aromatic rings. The fourth-order valence-corrected chi connectivity index (χ4v) is 3.26. The molecule has 0 saturated heterocycles. The molecule has 0 radical (unpaired) electrons. The van der Waals surface area contributed by atoms with Gasteiger partial charge in [0.1, 0.15) is 10.8 Å². The summed E-state index contributed by atoms with van der Waals surface area (Å²) >= 11 is 2.62. The second-order valence-electron chi connectivity index (χ2n) is 4.27. The summed E-state index contributed by atoms with van der Waals surface area (Å²) in [5.74, 6) is -0.593. The molecule has 0 fully saturated rings. The van der Waals surface area contributed by atoms with Crippen LogP contribution >= 0.6 is 23.1 Å². The van der Waals surface area contributed by atoms with Crippen LogP contribution in [0.25, 0.3) is 0 Å². The Morgan fingerprint density at radius 3 is 2.57 bits per heavy atom. The number of phenolic OH excluding ortho intramolecular Hbond substituents is 1. The lowest BCUT2D eigenvalue weighted by Crippen LogP contribution is -2.23. The number of hydrogen-bond donors (Lipinski definition) is 3. The first kappa shape index (κ1) is 15.4. The van der Waals surface area contributed by atoms with E-state index >= 15 is 0 Å². The van der Waals surface area contributed by atoms with Crippen molar-refractivity contribution >= 4 is 39.9 Å². The molecule has 1 aromatic carbocycles. The third kappa shape index (κ3) is 3.99. The molecule has 0 aliphatic heterocycles. The van der Waals surface area contributed by atoms with Crippen LogP contribution in [-0.4, -0.2) is 22.2 Å². The molecule has 2 rings (SSSR count). The van der Waals surface area contributed by atoms with Gasteiger partial charge in [0.05, 0.1) is 10.8 Å². The maximum Gasteiger partial charge on any atom is 0.251 e. The molecule has 1 unspecified atom stereocenters. The average molecular weight is 322 g/mol. The summed E-state index contributed by atoms with van der Waals surface area (Å²) in [5.41, 5.74) is 5.55. The Hall–Kier alpha value is -1.99. The molecule has 1 aromatic heterocycles. The molecule has 7 heteroatoms. The highest BCUT2D eigenvalue weighted by Gasteiger charge is 2.18. The van der Waals surface area contributed by atoms with Gasteiger partial charge in [-0.3, -0.25) is 9.59 Å². The number of phenols is 1. The van der Waals surface area contributed by atoms with Gasteiger partial charge in [-0.1, -0.05) is 0 Å². The number of carbonyl (C=O) groups is 2. The fraction of sp³-hybridized carbons (Fsp3) is 0.143. The second kappa shape index (κ2) is 6.64. The zero-order valence-electron chi connectivity index (χ0n) is 11.2. The van der Waals surface area contributed by atoms with Crippen LogP contribution in [0.2, 0.25) is 0 Å². The standard InChI is InChI=1S/C14H14N2O3S2/c1-8(21-10-4-2-9(17)3-5-10)13(19)16-14-11(12(15)18)6-7-20-14/h2-8,17H,1H3,(H2,15,18)(H,16,19). The largest absolute Gasteiger partial charge is 0.508 e. The Balaban J connectivity index is 2.01. The predicted octanol–water partition coefficient (Wildman–Crippen LogP) is 2.67. The van der Waals surface area contributed by atoms with Crippen molar-refractivity contribution in [1.29, 1.82) is 0 Å². The topological polar surface area (TPSA) is 92.4 Å². The lowest BCUT2D eigenvalue weighted by atomic mass is 10.3. The van der Waals surface area contributed by atoms with Gasteiger partial charge >= 0.3 is 0 Å². The predicted molar refractivity (Wildman–Crippen MR) is 84.9 cm³/mol. The number of thiophene rings is 1. The van der Waals surface area contributed by atoms with Gasteiger partial charge in [0.2, 0.25) is 5.91 Å². The lowest BCUT2D eigenvalue weighted by molar-refractivity contribution is -0.115. The van der Waals surface area contributed by atoms with Crippen molar-refractivity contribution in [2.45, 2.75) is 17.1 Å². The van der Waals surface area contributed by atoms with Crippen molar-refractivity contribution in [3.63, 3.8) is 0 Å². The summed E-state index contributed by atoms with van der Waals surface area (Å²) < 4.78 is 0. The van der Waals surface area contributed by atoms with E-state index in [1.165, 1.54) is 23.1 Å². The van der Waals surface area contributed by atoms with Crippen molar-refractivity contribution in [1.82, 2.24) is 0 Å². The third-order valence-corrected chi connectivity index (χ3v) is 4.63. The van der Waals surface area contributed by atoms with Crippen molar-refractivity contribution in [3.05, 3.63) is 41.3 Å². The molecule has 0 saturated carbocycles. The minimum absolute atomic E-state index is 0.182. The number of anilines is 1. The number of benzene rings is 1. The molecule has 0 spiro atoms. The summed E-state index contributed by atoms with van der Waals surface area (Å²) in [6.07, 6.45) is 0. The van der Waals surface area contributed by atoms with E-state index in [9.17, 15) is 14.7 Å². The van der Waals surface area contributed by atoms with Crippen LogP contribution in [0.5, 0.6) is 5.75 Å². The minimum Gasteiger partial charge on any atom is -0.508 e. The maximum absolute atomic E-state index is 12.1. The summed E-state index contributed by atoms with van der Waals surface area (Å²) in [6, 6.07) is 8.20. The molecular weight excluding hydrogens is 308 g/mol. The van der Waals surface area contributed by atoms with E-state index in [1.54, 1.807) is 42.6 Å². The number of amides is 2. The van der Waals surface area contributed by atoms with Crippen LogP contribution in [0.4, 0.5) is 5.00 Å². The first-order valence-corrected chi connectivity index (χ1v) is 7.87. The van der Waals surface area contributed by atoms with E-state index in [2.05, 4.69) is 5.32 Å². The maximum atomic E-state index is 12.1. The number of nitrogens with one attached hydrogen (secondary N) is 1. The smallest absolute Gasteiger partial charge is 0.251 e. The van der Waals surface area contributed by atoms with E-state index in [0.717, 1.165) is 4.90 Å². The third-order valence-electron chi connectivity index (χ3n) is 2.69. The van der Waals surface area contributed by atoms with Gasteiger partial charge in [0.15, 0.2) is 0 Å². The van der Waals surface area contributed by atoms with Crippen LogP contribution in [-0.2, 0) is 4.79 Å². The number of aromatic hydroxyl groups is 1. The van der Waals surface area contributed by atoms with Crippen LogP contribution in [0.1, 0.15) is 17.3 Å². The number of carbonyl (C=O) groups excluding carboxylic acids is 2. The van der Waals surface area contributed by atoms with Gasteiger partial charge in [-0.25, -0.2) is 0 Å². The van der Waals surface area contributed by atoms with E-state index in [1.807, 2.05) is 0 Å². The van der Waals surface area contributed by atoms with Gasteiger partial charge in [0, 0.05) is 4.90 Å². The van der Waals surface area contributed by atoms with Crippen LogP contribution in [0.3, 0.4) is 0 Å². The van der Waals surface area contributed by atoms with E-state index in [-0.39, 0.29) is 16.9 Å². The quantitative estimate of drug-likeness (QED) is 0.738. The van der Waals surface area contributed by atoms with Gasteiger partial charge < -0.3 is 16.2 Å². The molecular formula is C14H14N2O3S2. The molecule has 4 N–H and O–H groups in total. The lowest BCUT2D eigenvalue weighted by Gasteiger charge is -2.11. The average Bonchev–Trinajstić information content (AvgIpc) is 2.89. The normalized spacial score (nSPS) is 11.9. The van der Waals surface area contributed by atoms with Crippen LogP contribution in [0, 0.1) is 0 Å².